The van der Waals surface area contributed by atoms with Crippen LogP contribution in [0.25, 0.3) is 0 Å². The highest BCUT2D eigenvalue weighted by Crippen LogP contribution is 2.40. The van der Waals surface area contributed by atoms with E-state index in [2.05, 4.69) is 36.2 Å². The molecule has 1 saturated carbocycles. The topological polar surface area (TPSA) is 60.2 Å². The molecule has 5 heteroatoms. The molecule has 120 valence electrons. The molecule has 2 rings (SSSR count). The van der Waals surface area contributed by atoms with Gasteiger partial charge in [-0.15, -0.1) is 0 Å². The van der Waals surface area contributed by atoms with E-state index in [4.69, 9.17) is 9.26 Å². The Labute approximate surface area is 127 Å². The van der Waals surface area contributed by atoms with E-state index in [9.17, 15) is 0 Å². The van der Waals surface area contributed by atoms with E-state index in [0.717, 1.165) is 56.8 Å². The number of ether oxygens (including phenoxy) is 1. The number of hydrogen-bond donors (Lipinski definition) is 1. The van der Waals surface area contributed by atoms with Crippen LogP contribution in [0, 0.1) is 5.92 Å². The second kappa shape index (κ2) is 7.36. The average Bonchev–Trinajstić information content (AvgIpc) is 2.97. The van der Waals surface area contributed by atoms with Gasteiger partial charge in [-0.25, -0.2) is 0 Å². The summed E-state index contributed by atoms with van der Waals surface area (Å²) in [5.41, 5.74) is -0.339. The molecule has 0 aliphatic heterocycles. The minimum Gasteiger partial charge on any atom is -0.370 e. The Hall–Kier alpha value is -0.940. The summed E-state index contributed by atoms with van der Waals surface area (Å²) in [6.45, 7) is 7.54. The standard InChI is InChI=1S/C16H29N3O2/c1-5-13(17-6-2)11-14-18-15(19-21-14)16(20-4)9-7-12(3)8-10-16/h12-13,17H,5-11H2,1-4H3. The highest BCUT2D eigenvalue weighted by atomic mass is 16.5. The van der Waals surface area contributed by atoms with Gasteiger partial charge in [-0.1, -0.05) is 25.9 Å². The lowest BCUT2D eigenvalue weighted by molar-refractivity contribution is -0.0609. The van der Waals surface area contributed by atoms with Gasteiger partial charge in [0.15, 0.2) is 0 Å². The fourth-order valence-electron chi connectivity index (χ4n) is 3.13. The highest BCUT2D eigenvalue weighted by Gasteiger charge is 2.40. The molecule has 0 amide bonds. The van der Waals surface area contributed by atoms with Crippen molar-refractivity contribution in [3.8, 4) is 0 Å². The van der Waals surface area contributed by atoms with Crippen LogP contribution in [0.3, 0.4) is 0 Å². The van der Waals surface area contributed by atoms with Crippen molar-refractivity contribution in [1.82, 2.24) is 15.5 Å². The van der Waals surface area contributed by atoms with Gasteiger partial charge in [0.2, 0.25) is 11.7 Å². The van der Waals surface area contributed by atoms with Crippen LogP contribution >= 0.6 is 0 Å². The lowest BCUT2D eigenvalue weighted by Crippen LogP contribution is -2.34. The van der Waals surface area contributed by atoms with E-state index in [-0.39, 0.29) is 5.60 Å². The van der Waals surface area contributed by atoms with Gasteiger partial charge in [0.25, 0.3) is 0 Å². The minimum absolute atomic E-state index is 0.339. The molecule has 0 aromatic carbocycles. The fraction of sp³-hybridized carbons (Fsp3) is 0.875. The summed E-state index contributed by atoms with van der Waals surface area (Å²) in [4.78, 5) is 4.63. The Morgan fingerprint density at radius 1 is 1.38 bits per heavy atom. The summed E-state index contributed by atoms with van der Waals surface area (Å²) < 4.78 is 11.3. The maximum Gasteiger partial charge on any atom is 0.228 e. The summed E-state index contributed by atoms with van der Waals surface area (Å²) in [5, 5.41) is 7.66. The van der Waals surface area contributed by atoms with E-state index < -0.39 is 0 Å². The summed E-state index contributed by atoms with van der Waals surface area (Å²) in [5.74, 6) is 2.21. The Morgan fingerprint density at radius 2 is 2.10 bits per heavy atom. The number of rotatable bonds is 7. The monoisotopic (exact) mass is 295 g/mol. The fourth-order valence-corrected chi connectivity index (χ4v) is 3.13. The van der Waals surface area contributed by atoms with Gasteiger partial charge in [0.05, 0.1) is 0 Å². The van der Waals surface area contributed by atoms with Gasteiger partial charge in [-0.3, -0.25) is 0 Å². The number of nitrogens with zero attached hydrogens (tertiary/aromatic N) is 2. The normalized spacial score (nSPS) is 27.7. The van der Waals surface area contributed by atoms with E-state index in [1.807, 2.05) is 0 Å². The van der Waals surface area contributed by atoms with Gasteiger partial charge in [-0.2, -0.15) is 4.98 Å². The lowest BCUT2D eigenvalue weighted by Gasteiger charge is -2.35. The number of aromatic nitrogens is 2. The Balaban J connectivity index is 2.07. The number of methoxy groups -OCH3 is 1. The Bertz CT molecular complexity index is 425. The Morgan fingerprint density at radius 3 is 2.67 bits per heavy atom. The molecule has 1 N–H and O–H groups in total. The molecule has 5 nitrogen and oxygen atoms in total. The summed E-state index contributed by atoms with van der Waals surface area (Å²) >= 11 is 0. The molecule has 0 radical (unpaired) electrons. The predicted octanol–water partition coefficient (Wildman–Crippen LogP) is 3.05. The SMILES string of the molecule is CCNC(CC)Cc1nc(C2(OC)CCC(C)CC2)no1. The summed E-state index contributed by atoms with van der Waals surface area (Å²) in [6.07, 6.45) is 6.12. The van der Waals surface area contributed by atoms with Crippen LogP contribution in [0.5, 0.6) is 0 Å². The van der Waals surface area contributed by atoms with Crippen molar-refractivity contribution >= 4 is 0 Å². The first-order valence-corrected chi connectivity index (χ1v) is 8.25. The van der Waals surface area contributed by atoms with Gasteiger partial charge in [0.1, 0.15) is 5.60 Å². The maximum atomic E-state index is 5.80. The molecular weight excluding hydrogens is 266 g/mol. The van der Waals surface area contributed by atoms with Crippen molar-refractivity contribution in [2.45, 2.75) is 70.9 Å². The largest absolute Gasteiger partial charge is 0.370 e. The molecule has 1 aromatic rings. The zero-order chi connectivity index (χ0) is 15.3. The molecule has 1 atom stereocenters. The molecule has 0 saturated heterocycles. The third-order valence-corrected chi connectivity index (χ3v) is 4.75. The van der Waals surface area contributed by atoms with E-state index in [1.165, 1.54) is 0 Å². The van der Waals surface area contributed by atoms with Crippen molar-refractivity contribution in [2.24, 2.45) is 5.92 Å². The van der Waals surface area contributed by atoms with Gasteiger partial charge >= 0.3 is 0 Å². The smallest absolute Gasteiger partial charge is 0.228 e. The second-order valence-corrected chi connectivity index (χ2v) is 6.26. The maximum absolute atomic E-state index is 5.80. The van der Waals surface area contributed by atoms with Crippen molar-refractivity contribution in [2.75, 3.05) is 13.7 Å². The van der Waals surface area contributed by atoms with Crippen LogP contribution in [0.15, 0.2) is 4.52 Å². The van der Waals surface area contributed by atoms with E-state index >= 15 is 0 Å². The molecule has 1 aliphatic rings. The van der Waals surface area contributed by atoms with Crippen LogP contribution in [0.4, 0.5) is 0 Å². The zero-order valence-electron chi connectivity index (χ0n) is 13.8. The van der Waals surface area contributed by atoms with Crippen LogP contribution in [-0.2, 0) is 16.8 Å². The zero-order valence-corrected chi connectivity index (χ0v) is 13.8. The Kier molecular flexibility index (Phi) is 5.76. The third kappa shape index (κ3) is 3.83. The molecule has 1 heterocycles. The molecule has 1 aliphatic carbocycles. The van der Waals surface area contributed by atoms with E-state index in [0.29, 0.717) is 11.9 Å². The summed E-state index contributed by atoms with van der Waals surface area (Å²) in [7, 11) is 1.76. The van der Waals surface area contributed by atoms with Gasteiger partial charge in [0, 0.05) is 19.6 Å². The van der Waals surface area contributed by atoms with Crippen LogP contribution in [0.1, 0.15) is 64.6 Å². The molecule has 0 bridgehead atoms. The molecule has 1 unspecified atom stereocenters. The van der Waals surface area contributed by atoms with Crippen molar-refractivity contribution < 1.29 is 9.26 Å². The minimum atomic E-state index is -0.339. The molecular formula is C16H29N3O2. The molecule has 1 aromatic heterocycles. The van der Waals surface area contributed by atoms with Gasteiger partial charge < -0.3 is 14.6 Å². The van der Waals surface area contributed by atoms with Crippen molar-refractivity contribution in [1.29, 1.82) is 0 Å². The first-order valence-electron chi connectivity index (χ1n) is 8.25. The third-order valence-electron chi connectivity index (χ3n) is 4.75. The van der Waals surface area contributed by atoms with Crippen LogP contribution < -0.4 is 5.32 Å². The molecule has 0 spiro atoms. The van der Waals surface area contributed by atoms with E-state index in [1.54, 1.807) is 7.11 Å². The highest BCUT2D eigenvalue weighted by molar-refractivity contribution is 5.04. The first-order chi connectivity index (χ1) is 10.1. The number of likely N-dealkylation sites (N-methyl/N-ethyl adjacent to an activating group) is 1. The second-order valence-electron chi connectivity index (χ2n) is 6.26. The first kappa shape index (κ1) is 16.4. The van der Waals surface area contributed by atoms with Crippen LogP contribution in [0.2, 0.25) is 0 Å². The average molecular weight is 295 g/mol. The lowest BCUT2D eigenvalue weighted by atomic mass is 9.79. The van der Waals surface area contributed by atoms with Crippen molar-refractivity contribution in [3.05, 3.63) is 11.7 Å². The predicted molar refractivity (Wildman–Crippen MR) is 82.1 cm³/mol. The molecule has 1 fully saturated rings. The van der Waals surface area contributed by atoms with Gasteiger partial charge in [-0.05, 0) is 44.6 Å². The quantitative estimate of drug-likeness (QED) is 0.837. The number of nitrogens with one attached hydrogen (secondary N) is 1. The number of hydrogen-bond acceptors (Lipinski definition) is 5. The molecule has 21 heavy (non-hydrogen) atoms. The van der Waals surface area contributed by atoms with Crippen LogP contribution in [-0.4, -0.2) is 29.8 Å². The summed E-state index contributed by atoms with van der Waals surface area (Å²) in [6, 6.07) is 0.396. The van der Waals surface area contributed by atoms with Crippen molar-refractivity contribution in [3.63, 3.8) is 0 Å².